The molecular formula is C15H15N3O3S2. The van der Waals surface area contributed by atoms with E-state index in [0.717, 1.165) is 0 Å². The van der Waals surface area contributed by atoms with Crippen LogP contribution in [0, 0.1) is 6.92 Å². The zero-order valence-electron chi connectivity index (χ0n) is 12.6. The standard InChI is InChI=1S/C15H15N3O3S2/c1-3-18(12-7-5-4-6-8-12)23(20,21)13-11(2)16-15-17(14(13)19)9-10-22-15/h4-10H,3H2,1-2H3. The van der Waals surface area contributed by atoms with Crippen LogP contribution in [0.5, 0.6) is 0 Å². The van der Waals surface area contributed by atoms with Crippen LogP contribution in [-0.2, 0) is 10.0 Å². The van der Waals surface area contributed by atoms with E-state index in [1.807, 2.05) is 6.07 Å². The molecule has 0 bridgehead atoms. The summed E-state index contributed by atoms with van der Waals surface area (Å²) in [5, 5.41) is 1.70. The number of hydrogen-bond donors (Lipinski definition) is 0. The van der Waals surface area contributed by atoms with E-state index in [0.29, 0.717) is 10.6 Å². The molecule has 0 spiro atoms. The van der Waals surface area contributed by atoms with Gasteiger partial charge in [0.2, 0.25) is 0 Å². The molecule has 0 saturated carbocycles. The van der Waals surface area contributed by atoms with Gasteiger partial charge >= 0.3 is 0 Å². The van der Waals surface area contributed by atoms with Crippen LogP contribution in [0.4, 0.5) is 5.69 Å². The normalized spacial score (nSPS) is 11.7. The Labute approximate surface area is 137 Å². The van der Waals surface area contributed by atoms with E-state index in [4.69, 9.17) is 0 Å². The van der Waals surface area contributed by atoms with Gasteiger partial charge in [-0.3, -0.25) is 13.5 Å². The van der Waals surface area contributed by atoms with Crippen LogP contribution in [0.1, 0.15) is 12.6 Å². The summed E-state index contributed by atoms with van der Waals surface area (Å²) in [4.78, 5) is 17.1. The summed E-state index contributed by atoms with van der Waals surface area (Å²) in [5.74, 6) is 0. The average molecular weight is 349 g/mol. The minimum Gasteiger partial charge on any atom is -0.267 e. The van der Waals surface area contributed by atoms with Crippen molar-refractivity contribution in [3.63, 3.8) is 0 Å². The maximum absolute atomic E-state index is 13.0. The van der Waals surface area contributed by atoms with E-state index in [9.17, 15) is 13.2 Å². The molecule has 2 heterocycles. The molecule has 0 atom stereocenters. The molecule has 8 heteroatoms. The number of sulfonamides is 1. The highest BCUT2D eigenvalue weighted by Gasteiger charge is 2.30. The molecule has 0 aliphatic heterocycles. The number of nitrogens with zero attached hydrogens (tertiary/aromatic N) is 3. The topological polar surface area (TPSA) is 71.8 Å². The van der Waals surface area contributed by atoms with Gasteiger partial charge in [-0.15, -0.1) is 11.3 Å². The van der Waals surface area contributed by atoms with E-state index in [2.05, 4.69) is 4.98 Å². The van der Waals surface area contributed by atoms with Gasteiger partial charge in [0.1, 0.15) is 0 Å². The van der Waals surface area contributed by atoms with Crippen LogP contribution in [-0.4, -0.2) is 24.3 Å². The van der Waals surface area contributed by atoms with E-state index in [-0.39, 0.29) is 17.1 Å². The number of anilines is 1. The number of rotatable bonds is 4. The molecule has 0 aliphatic carbocycles. The van der Waals surface area contributed by atoms with E-state index in [1.54, 1.807) is 43.5 Å². The molecule has 1 aromatic carbocycles. The third-order valence-corrected chi connectivity index (χ3v) is 6.27. The first-order chi connectivity index (χ1) is 11.0. The molecule has 0 amide bonds. The zero-order chi connectivity index (χ0) is 16.6. The number of hydrogen-bond acceptors (Lipinski definition) is 5. The first-order valence-electron chi connectivity index (χ1n) is 7.01. The van der Waals surface area contributed by atoms with Gasteiger partial charge < -0.3 is 0 Å². The second-order valence-corrected chi connectivity index (χ2v) is 7.56. The van der Waals surface area contributed by atoms with Crippen molar-refractivity contribution in [3.05, 3.63) is 58.0 Å². The summed E-state index contributed by atoms with van der Waals surface area (Å²) in [5.41, 5.74) is 0.166. The second kappa shape index (κ2) is 5.78. The molecule has 0 radical (unpaired) electrons. The van der Waals surface area contributed by atoms with E-state index in [1.165, 1.54) is 26.2 Å². The number of fused-ring (bicyclic) bond motifs is 1. The lowest BCUT2D eigenvalue weighted by molar-refractivity contribution is 0.588. The molecule has 120 valence electrons. The molecular weight excluding hydrogens is 334 g/mol. The Morgan fingerprint density at radius 3 is 2.61 bits per heavy atom. The van der Waals surface area contributed by atoms with Crippen LogP contribution in [0.2, 0.25) is 0 Å². The predicted molar refractivity (Wildman–Crippen MR) is 90.7 cm³/mol. The zero-order valence-corrected chi connectivity index (χ0v) is 14.3. The van der Waals surface area contributed by atoms with Crippen molar-refractivity contribution in [1.82, 2.24) is 9.38 Å². The van der Waals surface area contributed by atoms with Gasteiger partial charge in [-0.2, -0.15) is 0 Å². The van der Waals surface area contributed by atoms with Crippen LogP contribution in [0.25, 0.3) is 4.96 Å². The largest absolute Gasteiger partial charge is 0.279 e. The van der Waals surface area contributed by atoms with Crippen molar-refractivity contribution in [1.29, 1.82) is 0 Å². The van der Waals surface area contributed by atoms with Crippen LogP contribution in [0.3, 0.4) is 0 Å². The first kappa shape index (κ1) is 15.7. The molecule has 6 nitrogen and oxygen atoms in total. The molecule has 0 unspecified atom stereocenters. The molecule has 3 aromatic rings. The van der Waals surface area contributed by atoms with Crippen molar-refractivity contribution in [2.75, 3.05) is 10.8 Å². The molecule has 0 N–H and O–H groups in total. The number of thiazole rings is 1. The Bertz CT molecular complexity index is 1010. The van der Waals surface area contributed by atoms with Gasteiger partial charge in [0.05, 0.1) is 11.4 Å². The number of para-hydroxylation sites is 1. The lowest BCUT2D eigenvalue weighted by Gasteiger charge is -2.23. The van der Waals surface area contributed by atoms with E-state index < -0.39 is 15.6 Å². The smallest absolute Gasteiger partial charge is 0.267 e. The van der Waals surface area contributed by atoms with Gasteiger partial charge in [0, 0.05) is 18.1 Å². The Balaban J connectivity index is 2.26. The summed E-state index contributed by atoms with van der Waals surface area (Å²) in [7, 11) is -3.99. The first-order valence-corrected chi connectivity index (χ1v) is 9.33. The quantitative estimate of drug-likeness (QED) is 0.724. The summed E-state index contributed by atoms with van der Waals surface area (Å²) >= 11 is 1.29. The summed E-state index contributed by atoms with van der Waals surface area (Å²) in [6, 6.07) is 8.72. The highest BCUT2D eigenvalue weighted by Crippen LogP contribution is 2.23. The highest BCUT2D eigenvalue weighted by molar-refractivity contribution is 7.92. The second-order valence-electron chi connectivity index (χ2n) is 4.89. The monoisotopic (exact) mass is 349 g/mol. The third kappa shape index (κ3) is 2.53. The van der Waals surface area contributed by atoms with Gasteiger partial charge in [0.15, 0.2) is 9.86 Å². The van der Waals surface area contributed by atoms with Crippen molar-refractivity contribution in [3.8, 4) is 0 Å². The Morgan fingerprint density at radius 1 is 1.26 bits per heavy atom. The molecule has 0 saturated heterocycles. The van der Waals surface area contributed by atoms with Crippen LogP contribution >= 0.6 is 11.3 Å². The summed E-state index contributed by atoms with van der Waals surface area (Å²) < 4.78 is 28.6. The Kier molecular flexibility index (Phi) is 3.95. The fourth-order valence-corrected chi connectivity index (χ4v) is 4.91. The maximum Gasteiger partial charge on any atom is 0.279 e. The van der Waals surface area contributed by atoms with Crippen molar-refractivity contribution in [2.45, 2.75) is 18.7 Å². The van der Waals surface area contributed by atoms with Crippen molar-refractivity contribution < 1.29 is 8.42 Å². The van der Waals surface area contributed by atoms with Crippen LogP contribution in [0.15, 0.2) is 51.6 Å². The highest BCUT2D eigenvalue weighted by atomic mass is 32.2. The third-order valence-electron chi connectivity index (χ3n) is 3.47. The fourth-order valence-electron chi connectivity index (χ4n) is 2.46. The van der Waals surface area contributed by atoms with E-state index >= 15 is 0 Å². The SMILES string of the molecule is CCN(c1ccccc1)S(=O)(=O)c1c(C)nc2sccn2c1=O. The minimum atomic E-state index is -3.99. The summed E-state index contributed by atoms with van der Waals surface area (Å²) in [6.07, 6.45) is 1.53. The van der Waals surface area contributed by atoms with Crippen molar-refractivity contribution in [2.24, 2.45) is 0 Å². The van der Waals surface area contributed by atoms with Crippen LogP contribution < -0.4 is 9.86 Å². The maximum atomic E-state index is 13.0. The summed E-state index contributed by atoms with van der Waals surface area (Å²) in [6.45, 7) is 3.50. The van der Waals surface area contributed by atoms with Gasteiger partial charge in [0.25, 0.3) is 15.6 Å². The molecule has 0 fully saturated rings. The fraction of sp³-hybridized carbons (Fsp3) is 0.200. The lowest BCUT2D eigenvalue weighted by atomic mass is 10.3. The number of aryl methyl sites for hydroxylation is 1. The van der Waals surface area contributed by atoms with Gasteiger partial charge in [-0.1, -0.05) is 18.2 Å². The average Bonchev–Trinajstić information content (AvgIpc) is 2.97. The molecule has 23 heavy (non-hydrogen) atoms. The number of benzene rings is 1. The molecule has 2 aromatic heterocycles. The van der Waals surface area contributed by atoms with Gasteiger partial charge in [-0.25, -0.2) is 13.4 Å². The molecule has 0 aliphatic rings. The van der Waals surface area contributed by atoms with Crippen molar-refractivity contribution >= 4 is 32.0 Å². The Hall–Kier alpha value is -2.19. The lowest BCUT2D eigenvalue weighted by Crippen LogP contribution is -2.36. The predicted octanol–water partition coefficient (Wildman–Crippen LogP) is 2.28. The number of aromatic nitrogens is 2. The molecule has 3 rings (SSSR count). The minimum absolute atomic E-state index is 0.215. The Morgan fingerprint density at radius 2 is 1.96 bits per heavy atom. The van der Waals surface area contributed by atoms with Gasteiger partial charge in [-0.05, 0) is 26.0 Å².